The first kappa shape index (κ1) is 9.05. The third-order valence-corrected chi connectivity index (χ3v) is 1.72. The van der Waals surface area contributed by atoms with Crippen molar-refractivity contribution in [1.29, 1.82) is 0 Å². The summed E-state index contributed by atoms with van der Waals surface area (Å²) in [4.78, 5) is 0. The maximum atomic E-state index is 3.10. The van der Waals surface area contributed by atoms with E-state index >= 15 is 0 Å². The fourth-order valence-electron chi connectivity index (χ4n) is 1.06. The van der Waals surface area contributed by atoms with Gasteiger partial charge in [-0.05, 0) is 31.8 Å². The van der Waals surface area contributed by atoms with E-state index in [1.807, 2.05) is 18.2 Å². The normalized spacial score (nSPS) is 18.7. The van der Waals surface area contributed by atoms with Crippen LogP contribution in [-0.4, -0.2) is 0 Å². The first-order chi connectivity index (χ1) is 6.00. The Hall–Kier alpha value is -1.04. The van der Waals surface area contributed by atoms with Crippen molar-refractivity contribution < 1.29 is 0 Å². The Labute approximate surface area is 75.0 Å². The van der Waals surface area contributed by atoms with E-state index in [0.717, 1.165) is 6.42 Å². The van der Waals surface area contributed by atoms with Gasteiger partial charge in [0.15, 0.2) is 0 Å². The fourth-order valence-corrected chi connectivity index (χ4v) is 1.06. The molecule has 0 saturated carbocycles. The van der Waals surface area contributed by atoms with Crippen LogP contribution in [0.3, 0.4) is 0 Å². The summed E-state index contributed by atoms with van der Waals surface area (Å²) in [7, 11) is 0. The smallest absolute Gasteiger partial charge is 0.0160 e. The van der Waals surface area contributed by atoms with E-state index in [9.17, 15) is 0 Å². The van der Waals surface area contributed by atoms with Crippen molar-refractivity contribution in [2.45, 2.75) is 25.7 Å². The molecule has 0 spiro atoms. The van der Waals surface area contributed by atoms with Gasteiger partial charge in [-0.3, -0.25) is 0 Å². The molecule has 0 N–H and O–H groups in total. The van der Waals surface area contributed by atoms with Gasteiger partial charge in [0, 0.05) is 0 Å². The lowest BCUT2D eigenvalue weighted by Gasteiger charge is -1.90. The quantitative estimate of drug-likeness (QED) is 0.474. The maximum absolute atomic E-state index is 3.10. The first-order valence-corrected chi connectivity index (χ1v) is 4.54. The van der Waals surface area contributed by atoms with Gasteiger partial charge in [0.05, 0.1) is 0 Å². The average molecular weight is 159 g/mol. The first-order valence-electron chi connectivity index (χ1n) is 4.54. The zero-order valence-electron chi connectivity index (χ0n) is 7.37. The molecule has 0 saturated heterocycles. The van der Waals surface area contributed by atoms with Gasteiger partial charge in [-0.2, -0.15) is 0 Å². The van der Waals surface area contributed by atoms with Gasteiger partial charge in [-0.15, -0.1) is 0 Å². The molecule has 0 bridgehead atoms. The van der Waals surface area contributed by atoms with E-state index in [0.29, 0.717) is 0 Å². The molecule has 0 aromatic carbocycles. The Balaban J connectivity index is 2.42. The Morgan fingerprint density at radius 3 is 2.83 bits per heavy atom. The SMILES string of the molecule is [C]1=CCC=CCCCC=CC=C1. The fraction of sp³-hybridized carbons (Fsp3) is 0.333. The van der Waals surface area contributed by atoms with E-state index < -0.39 is 0 Å². The molecule has 0 nitrogen and oxygen atoms in total. The standard InChI is InChI=1S/C12H15/c1-2-4-6-8-10-12-11-9-7-5-3-1/h1-4,8,11-12H,5,7,9-10H2. The molecular weight excluding hydrogens is 144 g/mol. The second-order valence-corrected chi connectivity index (χ2v) is 2.80. The number of hydrogen-bond acceptors (Lipinski definition) is 0. The van der Waals surface area contributed by atoms with Crippen LogP contribution >= 0.6 is 0 Å². The number of rotatable bonds is 0. The molecule has 0 atom stereocenters. The highest BCUT2D eigenvalue weighted by Crippen LogP contribution is 2.00. The van der Waals surface area contributed by atoms with Crippen molar-refractivity contribution in [3.05, 3.63) is 48.6 Å². The van der Waals surface area contributed by atoms with Crippen LogP contribution in [0.4, 0.5) is 0 Å². The summed E-state index contributed by atoms with van der Waals surface area (Å²) in [6.07, 6.45) is 22.5. The van der Waals surface area contributed by atoms with Crippen LogP contribution in [-0.2, 0) is 0 Å². The van der Waals surface area contributed by atoms with Gasteiger partial charge >= 0.3 is 0 Å². The van der Waals surface area contributed by atoms with Gasteiger partial charge < -0.3 is 0 Å². The van der Waals surface area contributed by atoms with Crippen molar-refractivity contribution in [2.24, 2.45) is 0 Å². The third kappa shape index (κ3) is 4.73. The Morgan fingerprint density at radius 2 is 1.83 bits per heavy atom. The molecule has 63 valence electrons. The minimum atomic E-state index is 1.01. The van der Waals surface area contributed by atoms with E-state index in [1.165, 1.54) is 19.3 Å². The summed E-state index contributed by atoms with van der Waals surface area (Å²) >= 11 is 0. The second kappa shape index (κ2) is 6.66. The minimum absolute atomic E-state index is 1.01. The van der Waals surface area contributed by atoms with Crippen molar-refractivity contribution in [1.82, 2.24) is 0 Å². The summed E-state index contributed by atoms with van der Waals surface area (Å²) in [6, 6.07) is 0. The molecule has 0 aliphatic heterocycles. The summed E-state index contributed by atoms with van der Waals surface area (Å²) in [5.74, 6) is 0. The molecule has 0 fully saturated rings. The van der Waals surface area contributed by atoms with Crippen molar-refractivity contribution in [3.8, 4) is 0 Å². The molecule has 1 aliphatic carbocycles. The van der Waals surface area contributed by atoms with Gasteiger partial charge in [-0.25, -0.2) is 0 Å². The van der Waals surface area contributed by atoms with Crippen LogP contribution < -0.4 is 0 Å². The monoisotopic (exact) mass is 159 g/mol. The van der Waals surface area contributed by atoms with Crippen molar-refractivity contribution in [2.75, 3.05) is 0 Å². The molecule has 0 aromatic rings. The highest BCUT2D eigenvalue weighted by atomic mass is 13.9. The summed E-state index contributed by atoms with van der Waals surface area (Å²) in [6.45, 7) is 0. The van der Waals surface area contributed by atoms with Gasteiger partial charge in [0.2, 0.25) is 0 Å². The van der Waals surface area contributed by atoms with Crippen LogP contribution in [0.1, 0.15) is 25.7 Å². The molecule has 0 heterocycles. The topological polar surface area (TPSA) is 0 Å². The van der Waals surface area contributed by atoms with Crippen molar-refractivity contribution >= 4 is 0 Å². The van der Waals surface area contributed by atoms with Gasteiger partial charge in [0.1, 0.15) is 0 Å². The highest BCUT2D eigenvalue weighted by molar-refractivity contribution is 5.08. The number of allylic oxidation sites excluding steroid dienone is 8. The summed E-state index contributed by atoms with van der Waals surface area (Å²) in [5.41, 5.74) is 0. The van der Waals surface area contributed by atoms with Crippen molar-refractivity contribution in [3.63, 3.8) is 0 Å². The van der Waals surface area contributed by atoms with E-state index in [1.54, 1.807) is 0 Å². The van der Waals surface area contributed by atoms with Gasteiger partial charge in [0.25, 0.3) is 0 Å². The predicted molar refractivity (Wildman–Crippen MR) is 53.7 cm³/mol. The molecule has 12 heavy (non-hydrogen) atoms. The second-order valence-electron chi connectivity index (χ2n) is 2.80. The lowest BCUT2D eigenvalue weighted by atomic mass is 10.2. The number of hydrogen-bond donors (Lipinski definition) is 0. The molecule has 1 aliphatic rings. The van der Waals surface area contributed by atoms with E-state index in [4.69, 9.17) is 0 Å². The lowest BCUT2D eigenvalue weighted by molar-refractivity contribution is 0.866. The molecule has 0 aromatic heterocycles. The molecule has 0 unspecified atom stereocenters. The molecule has 1 rings (SSSR count). The Bertz CT molecular complexity index is 204. The van der Waals surface area contributed by atoms with E-state index in [2.05, 4.69) is 30.4 Å². The predicted octanol–water partition coefficient (Wildman–Crippen LogP) is 3.59. The Kier molecular flexibility index (Phi) is 5.02. The zero-order valence-corrected chi connectivity index (χ0v) is 7.37. The van der Waals surface area contributed by atoms with E-state index in [-0.39, 0.29) is 0 Å². The largest absolute Gasteiger partial charge is 0.0882 e. The average Bonchev–Trinajstić information content (AvgIpc) is 2.05. The molecule has 0 amide bonds. The molecule has 0 heteroatoms. The summed E-state index contributed by atoms with van der Waals surface area (Å²) in [5, 5.41) is 0. The highest BCUT2D eigenvalue weighted by Gasteiger charge is 1.80. The Morgan fingerprint density at radius 1 is 0.917 bits per heavy atom. The lowest BCUT2D eigenvalue weighted by Crippen LogP contribution is -1.70. The zero-order chi connectivity index (χ0) is 8.49. The summed E-state index contributed by atoms with van der Waals surface area (Å²) < 4.78 is 0. The van der Waals surface area contributed by atoms with Gasteiger partial charge in [-0.1, -0.05) is 42.5 Å². The van der Waals surface area contributed by atoms with Crippen LogP contribution in [0.15, 0.2) is 42.5 Å². The van der Waals surface area contributed by atoms with Crippen LogP contribution in [0.25, 0.3) is 0 Å². The van der Waals surface area contributed by atoms with Crippen LogP contribution in [0, 0.1) is 6.08 Å². The van der Waals surface area contributed by atoms with Crippen LogP contribution in [0.5, 0.6) is 0 Å². The minimum Gasteiger partial charge on any atom is -0.0882 e. The molecule has 1 radical (unpaired) electrons. The maximum Gasteiger partial charge on any atom is -0.0160 e. The molecular formula is C12H15. The van der Waals surface area contributed by atoms with Crippen LogP contribution in [0.2, 0.25) is 0 Å². The third-order valence-electron chi connectivity index (χ3n) is 1.72.